The molecule has 2 aliphatic carbocycles. The van der Waals surface area contributed by atoms with Crippen LogP contribution >= 0.6 is 0 Å². The highest BCUT2D eigenvalue weighted by molar-refractivity contribution is 5.33. The number of rotatable bonds is 6. The minimum Gasteiger partial charge on any atom is -0.192 e. The third kappa shape index (κ3) is 5.47. The Bertz CT molecular complexity index is 590. The summed E-state index contributed by atoms with van der Waals surface area (Å²) in [6.45, 7) is 2.31. The molecule has 2 aliphatic rings. The number of hydrogen-bond donors (Lipinski definition) is 0. The molecule has 0 N–H and O–H groups in total. The number of nitriles is 1. The van der Waals surface area contributed by atoms with Crippen LogP contribution < -0.4 is 0 Å². The van der Waals surface area contributed by atoms with Crippen LogP contribution in [-0.2, 0) is 0 Å². The number of allylic oxidation sites excluding steroid dienone is 2. The Morgan fingerprint density at radius 3 is 2.00 bits per heavy atom. The molecule has 0 bridgehead atoms. The van der Waals surface area contributed by atoms with Crippen LogP contribution in [0.1, 0.15) is 94.6 Å². The van der Waals surface area contributed by atoms with Gasteiger partial charge in [-0.25, -0.2) is 0 Å². The van der Waals surface area contributed by atoms with Gasteiger partial charge in [-0.2, -0.15) is 5.26 Å². The molecular weight excluding hydrogens is 314 g/mol. The molecule has 2 saturated carbocycles. The summed E-state index contributed by atoms with van der Waals surface area (Å²) in [7, 11) is 0. The Labute approximate surface area is 160 Å². The van der Waals surface area contributed by atoms with Gasteiger partial charge in [-0.3, -0.25) is 0 Å². The maximum absolute atomic E-state index is 8.94. The van der Waals surface area contributed by atoms with Gasteiger partial charge in [0.25, 0.3) is 0 Å². The average molecular weight is 350 g/mol. The van der Waals surface area contributed by atoms with Crippen LogP contribution in [0.4, 0.5) is 0 Å². The van der Waals surface area contributed by atoms with Crippen molar-refractivity contribution in [3.05, 3.63) is 47.5 Å². The van der Waals surface area contributed by atoms with Crippen molar-refractivity contribution < 1.29 is 0 Å². The Morgan fingerprint density at radius 2 is 1.46 bits per heavy atom. The van der Waals surface area contributed by atoms with E-state index in [1.54, 1.807) is 0 Å². The summed E-state index contributed by atoms with van der Waals surface area (Å²) in [6.07, 6.45) is 20.4. The second kappa shape index (κ2) is 9.96. The van der Waals surface area contributed by atoms with Gasteiger partial charge in [0.2, 0.25) is 0 Å². The molecular formula is C25H35N. The summed E-state index contributed by atoms with van der Waals surface area (Å²) in [6, 6.07) is 10.5. The van der Waals surface area contributed by atoms with E-state index in [-0.39, 0.29) is 0 Å². The van der Waals surface area contributed by atoms with Crippen LogP contribution in [0.25, 0.3) is 0 Å². The van der Waals surface area contributed by atoms with Gasteiger partial charge in [0, 0.05) is 0 Å². The lowest BCUT2D eigenvalue weighted by Crippen LogP contribution is -2.14. The number of hydrogen-bond acceptors (Lipinski definition) is 1. The van der Waals surface area contributed by atoms with E-state index >= 15 is 0 Å². The van der Waals surface area contributed by atoms with E-state index in [1.165, 1.54) is 76.2 Å². The average Bonchev–Trinajstić information content (AvgIpc) is 2.72. The number of nitrogens with zero attached hydrogens (tertiary/aromatic N) is 1. The molecule has 0 amide bonds. The first kappa shape index (κ1) is 19.2. The van der Waals surface area contributed by atoms with Gasteiger partial charge in [-0.15, -0.1) is 0 Å². The summed E-state index contributed by atoms with van der Waals surface area (Å²) >= 11 is 0. The van der Waals surface area contributed by atoms with Gasteiger partial charge in [0.05, 0.1) is 11.6 Å². The van der Waals surface area contributed by atoms with Crippen LogP contribution in [-0.4, -0.2) is 0 Å². The van der Waals surface area contributed by atoms with Gasteiger partial charge in [-0.1, -0.05) is 50.5 Å². The standard InChI is InChI=1S/C25H35N/c1-2-3-4-20-5-7-21(8-6-20)9-10-22-11-15-24(16-12-22)25-17-13-23(19-26)14-18-25/h9-10,13-14,17-18,20-22,24H,2-8,11-12,15-16H2,1H3. The van der Waals surface area contributed by atoms with Gasteiger partial charge >= 0.3 is 0 Å². The SMILES string of the molecule is CCCCC1CCC(C=CC2CCC(c3ccc(C#N)cc3)CC2)CC1. The first-order chi connectivity index (χ1) is 12.8. The molecule has 1 nitrogen and oxygen atoms in total. The van der Waals surface area contributed by atoms with Crippen molar-refractivity contribution in [2.24, 2.45) is 17.8 Å². The third-order valence-corrected chi connectivity index (χ3v) is 6.80. The smallest absolute Gasteiger partial charge is 0.0991 e. The van der Waals surface area contributed by atoms with Crippen LogP contribution in [0, 0.1) is 29.1 Å². The first-order valence-electron chi connectivity index (χ1n) is 11.0. The molecule has 0 aromatic heterocycles. The first-order valence-corrected chi connectivity index (χ1v) is 11.0. The molecule has 26 heavy (non-hydrogen) atoms. The van der Waals surface area contributed by atoms with Crippen LogP contribution in [0.15, 0.2) is 36.4 Å². The molecule has 0 unspecified atom stereocenters. The Hall–Kier alpha value is -1.55. The largest absolute Gasteiger partial charge is 0.192 e. The van der Waals surface area contributed by atoms with E-state index in [2.05, 4.69) is 37.3 Å². The van der Waals surface area contributed by atoms with E-state index in [0.29, 0.717) is 5.92 Å². The highest BCUT2D eigenvalue weighted by Gasteiger charge is 2.22. The zero-order chi connectivity index (χ0) is 18.2. The summed E-state index contributed by atoms with van der Waals surface area (Å²) in [5.41, 5.74) is 2.20. The second-order valence-corrected chi connectivity index (χ2v) is 8.65. The molecule has 140 valence electrons. The summed E-state index contributed by atoms with van der Waals surface area (Å²) in [4.78, 5) is 0. The van der Waals surface area contributed by atoms with E-state index in [4.69, 9.17) is 5.26 Å². The van der Waals surface area contributed by atoms with Gasteiger partial charge < -0.3 is 0 Å². The van der Waals surface area contributed by atoms with Crippen molar-refractivity contribution >= 4 is 0 Å². The van der Waals surface area contributed by atoms with Crippen molar-refractivity contribution in [3.63, 3.8) is 0 Å². The van der Waals surface area contributed by atoms with E-state index < -0.39 is 0 Å². The normalized spacial score (nSPS) is 29.5. The molecule has 0 atom stereocenters. The third-order valence-electron chi connectivity index (χ3n) is 6.80. The molecule has 2 fully saturated rings. The van der Waals surface area contributed by atoms with Crippen LogP contribution in [0.5, 0.6) is 0 Å². The fourth-order valence-electron chi connectivity index (χ4n) is 4.95. The van der Waals surface area contributed by atoms with Crippen molar-refractivity contribution in [1.29, 1.82) is 5.26 Å². The number of benzene rings is 1. The molecule has 0 spiro atoms. The summed E-state index contributed by atoms with van der Waals surface area (Å²) in [5, 5.41) is 8.94. The minimum absolute atomic E-state index is 0.696. The quantitative estimate of drug-likeness (QED) is 0.491. The van der Waals surface area contributed by atoms with Crippen molar-refractivity contribution in [2.75, 3.05) is 0 Å². The predicted molar refractivity (Wildman–Crippen MR) is 110 cm³/mol. The molecule has 0 saturated heterocycles. The number of unbranched alkanes of at least 4 members (excludes halogenated alkanes) is 1. The minimum atomic E-state index is 0.696. The van der Waals surface area contributed by atoms with Gasteiger partial charge in [0.1, 0.15) is 0 Å². The molecule has 1 heteroatoms. The Morgan fingerprint density at radius 1 is 0.885 bits per heavy atom. The van der Waals surface area contributed by atoms with Crippen molar-refractivity contribution in [3.8, 4) is 6.07 Å². The van der Waals surface area contributed by atoms with Crippen LogP contribution in [0.2, 0.25) is 0 Å². The van der Waals surface area contributed by atoms with Crippen molar-refractivity contribution in [2.45, 2.75) is 83.5 Å². The maximum atomic E-state index is 8.94. The maximum Gasteiger partial charge on any atom is 0.0991 e. The lowest BCUT2D eigenvalue weighted by Gasteiger charge is -2.29. The topological polar surface area (TPSA) is 23.8 Å². The van der Waals surface area contributed by atoms with Gasteiger partial charge in [0.15, 0.2) is 0 Å². The second-order valence-electron chi connectivity index (χ2n) is 8.65. The predicted octanol–water partition coefficient (Wildman–Crippen LogP) is 7.38. The van der Waals surface area contributed by atoms with Gasteiger partial charge in [-0.05, 0) is 92.7 Å². The zero-order valence-corrected chi connectivity index (χ0v) is 16.5. The highest BCUT2D eigenvalue weighted by atomic mass is 14.3. The highest BCUT2D eigenvalue weighted by Crippen LogP contribution is 2.37. The van der Waals surface area contributed by atoms with E-state index in [0.717, 1.165) is 23.3 Å². The Balaban J connectivity index is 1.40. The molecule has 1 aromatic carbocycles. The van der Waals surface area contributed by atoms with E-state index in [1.807, 2.05) is 12.1 Å². The zero-order valence-electron chi connectivity index (χ0n) is 16.5. The fraction of sp³-hybridized carbons (Fsp3) is 0.640. The lowest BCUT2D eigenvalue weighted by molar-refractivity contribution is 0.289. The summed E-state index contributed by atoms with van der Waals surface area (Å²) < 4.78 is 0. The monoisotopic (exact) mass is 349 g/mol. The molecule has 0 radical (unpaired) electrons. The fourth-order valence-corrected chi connectivity index (χ4v) is 4.95. The molecule has 0 aliphatic heterocycles. The molecule has 3 rings (SSSR count). The lowest BCUT2D eigenvalue weighted by atomic mass is 9.77. The van der Waals surface area contributed by atoms with Crippen molar-refractivity contribution in [1.82, 2.24) is 0 Å². The molecule has 0 heterocycles. The van der Waals surface area contributed by atoms with E-state index in [9.17, 15) is 0 Å². The molecule has 1 aromatic rings. The summed E-state index contributed by atoms with van der Waals surface area (Å²) in [5.74, 6) is 3.36. The Kier molecular flexibility index (Phi) is 7.36. The van der Waals surface area contributed by atoms with Crippen LogP contribution in [0.3, 0.4) is 0 Å².